The van der Waals surface area contributed by atoms with E-state index >= 15 is 0 Å². The van der Waals surface area contributed by atoms with Gasteiger partial charge in [-0.25, -0.2) is 18.5 Å². The normalized spacial score (nSPS) is 11.9. The van der Waals surface area contributed by atoms with Crippen molar-refractivity contribution in [3.8, 4) is 0 Å². The summed E-state index contributed by atoms with van der Waals surface area (Å²) >= 11 is 0. The molecule has 2 aromatic heterocycles. The summed E-state index contributed by atoms with van der Waals surface area (Å²) < 4.78 is 24.5. The van der Waals surface area contributed by atoms with Crippen molar-refractivity contribution >= 4 is 21.6 Å². The van der Waals surface area contributed by atoms with Crippen LogP contribution in [0.1, 0.15) is 21.7 Å². The highest BCUT2D eigenvalue weighted by Crippen LogP contribution is 2.15. The maximum absolute atomic E-state index is 12.7. The topological polar surface area (TPSA) is 110 Å². The van der Waals surface area contributed by atoms with E-state index in [-0.39, 0.29) is 17.3 Å². The van der Waals surface area contributed by atoms with Crippen LogP contribution in [-0.2, 0) is 23.1 Å². The molecule has 0 spiro atoms. The Morgan fingerprint density at radius 1 is 1.19 bits per heavy atom. The Hall–Kier alpha value is -2.75. The highest BCUT2D eigenvalue weighted by molar-refractivity contribution is 7.89. The Balaban J connectivity index is 1.80. The number of benzene rings is 1. The quantitative estimate of drug-likeness (QED) is 0.655. The number of aromatic nitrogens is 2. The predicted octanol–water partition coefficient (Wildman–Crippen LogP) is 0.973. The molecular formula is C18H21N5O3S. The van der Waals surface area contributed by atoms with Crippen molar-refractivity contribution in [2.24, 2.45) is 5.14 Å². The number of carbonyl (C=O) groups excluding carboxylic acids is 1. The van der Waals surface area contributed by atoms with Gasteiger partial charge in [-0.2, -0.15) is 0 Å². The summed E-state index contributed by atoms with van der Waals surface area (Å²) in [5, 5.41) is 7.92. The Morgan fingerprint density at radius 2 is 1.89 bits per heavy atom. The Labute approximate surface area is 157 Å². The zero-order valence-corrected chi connectivity index (χ0v) is 15.9. The van der Waals surface area contributed by atoms with Gasteiger partial charge < -0.3 is 14.6 Å². The first-order valence-electron chi connectivity index (χ1n) is 8.26. The van der Waals surface area contributed by atoms with E-state index in [0.29, 0.717) is 17.9 Å². The van der Waals surface area contributed by atoms with Crippen LogP contribution in [-0.4, -0.2) is 42.7 Å². The summed E-state index contributed by atoms with van der Waals surface area (Å²) in [6.07, 6.45) is 1.88. The van der Waals surface area contributed by atoms with Crippen molar-refractivity contribution in [3.05, 3.63) is 65.6 Å². The monoisotopic (exact) mass is 387 g/mol. The number of rotatable bonds is 6. The second-order valence-electron chi connectivity index (χ2n) is 6.45. The van der Waals surface area contributed by atoms with Gasteiger partial charge in [0.05, 0.1) is 10.6 Å². The van der Waals surface area contributed by atoms with Crippen molar-refractivity contribution < 1.29 is 13.2 Å². The van der Waals surface area contributed by atoms with Gasteiger partial charge >= 0.3 is 0 Å². The van der Waals surface area contributed by atoms with Crippen LogP contribution in [0, 0.1) is 0 Å². The third-order valence-corrected chi connectivity index (χ3v) is 4.94. The number of fused-ring (bicyclic) bond motifs is 1. The minimum absolute atomic E-state index is 0.0335. The molecule has 142 valence electrons. The van der Waals surface area contributed by atoms with Crippen LogP contribution in [0.25, 0.3) is 5.65 Å². The lowest BCUT2D eigenvalue weighted by atomic mass is 10.2. The Kier molecular flexibility index (Phi) is 5.26. The van der Waals surface area contributed by atoms with Crippen LogP contribution in [0.4, 0.5) is 0 Å². The summed E-state index contributed by atoms with van der Waals surface area (Å²) in [4.78, 5) is 19.2. The number of nitrogens with two attached hydrogens (primary N) is 1. The lowest BCUT2D eigenvalue weighted by molar-refractivity contribution is 0.0944. The molecule has 9 heteroatoms. The van der Waals surface area contributed by atoms with Gasteiger partial charge in [-0.05, 0) is 43.9 Å². The highest BCUT2D eigenvalue weighted by atomic mass is 32.2. The van der Waals surface area contributed by atoms with Gasteiger partial charge in [-0.15, -0.1) is 0 Å². The number of imidazole rings is 1. The molecule has 1 amide bonds. The van der Waals surface area contributed by atoms with E-state index in [1.54, 1.807) is 12.1 Å². The minimum atomic E-state index is -3.73. The number of nitrogens with one attached hydrogen (secondary N) is 1. The molecule has 0 bridgehead atoms. The van der Waals surface area contributed by atoms with Crippen molar-refractivity contribution in [3.63, 3.8) is 0 Å². The van der Waals surface area contributed by atoms with Crippen molar-refractivity contribution in [1.29, 1.82) is 0 Å². The molecule has 3 aromatic rings. The molecule has 8 nitrogen and oxygen atoms in total. The van der Waals surface area contributed by atoms with Crippen molar-refractivity contribution in [2.45, 2.75) is 18.0 Å². The molecule has 0 radical (unpaired) electrons. The number of nitrogens with zero attached hydrogens (tertiary/aromatic N) is 3. The molecule has 0 atom stereocenters. The molecule has 0 aliphatic carbocycles. The molecule has 3 rings (SSSR count). The molecule has 2 heterocycles. The van der Waals surface area contributed by atoms with Gasteiger partial charge in [0.25, 0.3) is 5.91 Å². The van der Waals surface area contributed by atoms with Gasteiger partial charge in [0, 0.05) is 19.3 Å². The van der Waals surface area contributed by atoms with E-state index in [0.717, 1.165) is 11.3 Å². The summed E-state index contributed by atoms with van der Waals surface area (Å²) in [6.45, 7) is 0.815. The van der Waals surface area contributed by atoms with Crippen molar-refractivity contribution in [1.82, 2.24) is 19.6 Å². The van der Waals surface area contributed by atoms with Gasteiger partial charge in [0.1, 0.15) is 5.65 Å². The Morgan fingerprint density at radius 3 is 2.52 bits per heavy atom. The van der Waals surface area contributed by atoms with Crippen LogP contribution < -0.4 is 10.5 Å². The molecule has 27 heavy (non-hydrogen) atoms. The largest absolute Gasteiger partial charge is 0.347 e. The molecule has 0 saturated carbocycles. The molecule has 0 aliphatic rings. The number of pyridine rings is 1. The molecule has 0 fully saturated rings. The SMILES string of the molecule is CN(C)Cc1c(C(=O)NCc2ccc(S(N)(=O)=O)cc2)nc2ccccn12. The van der Waals surface area contributed by atoms with Gasteiger partial charge in [-0.3, -0.25) is 4.79 Å². The third kappa shape index (κ3) is 4.33. The standard InChI is InChI=1S/C18H21N5O3S/c1-22(2)12-15-17(21-16-5-3-4-10-23(15)16)18(24)20-11-13-6-8-14(9-7-13)27(19,25)26/h3-10H,11-12H2,1-2H3,(H,20,24)(H2,19,25,26). The first kappa shape index (κ1) is 19.0. The second kappa shape index (κ2) is 7.47. The molecule has 0 aliphatic heterocycles. The number of sulfonamides is 1. The fourth-order valence-corrected chi connectivity index (χ4v) is 3.26. The number of carbonyl (C=O) groups is 1. The summed E-state index contributed by atoms with van der Waals surface area (Å²) in [6, 6.07) is 11.7. The predicted molar refractivity (Wildman–Crippen MR) is 102 cm³/mol. The van der Waals surface area contributed by atoms with Crippen LogP contribution in [0.3, 0.4) is 0 Å². The first-order chi connectivity index (χ1) is 12.8. The highest BCUT2D eigenvalue weighted by Gasteiger charge is 2.19. The van der Waals surface area contributed by atoms with E-state index in [1.165, 1.54) is 12.1 Å². The fraction of sp³-hybridized carbons (Fsp3) is 0.222. The van der Waals surface area contributed by atoms with E-state index in [1.807, 2.05) is 47.8 Å². The summed E-state index contributed by atoms with van der Waals surface area (Å²) in [7, 11) is 0.125. The molecule has 0 saturated heterocycles. The van der Waals surface area contributed by atoms with E-state index in [4.69, 9.17) is 5.14 Å². The molecular weight excluding hydrogens is 366 g/mol. The van der Waals surface area contributed by atoms with Crippen molar-refractivity contribution in [2.75, 3.05) is 14.1 Å². The fourth-order valence-electron chi connectivity index (χ4n) is 2.74. The second-order valence-corrected chi connectivity index (χ2v) is 8.01. The zero-order chi connectivity index (χ0) is 19.6. The van der Waals surface area contributed by atoms with E-state index < -0.39 is 10.0 Å². The molecule has 3 N–H and O–H groups in total. The summed E-state index contributed by atoms with van der Waals surface area (Å²) in [5.74, 6) is -0.286. The number of amides is 1. The van der Waals surface area contributed by atoms with Gasteiger partial charge in [0.2, 0.25) is 10.0 Å². The number of hydrogen-bond donors (Lipinski definition) is 2. The van der Waals surface area contributed by atoms with E-state index in [9.17, 15) is 13.2 Å². The average molecular weight is 387 g/mol. The maximum atomic E-state index is 12.7. The lowest BCUT2D eigenvalue weighted by Crippen LogP contribution is -2.25. The van der Waals surface area contributed by atoms with Gasteiger partial charge in [-0.1, -0.05) is 18.2 Å². The molecule has 1 aromatic carbocycles. The number of hydrogen-bond acceptors (Lipinski definition) is 5. The summed E-state index contributed by atoms with van der Waals surface area (Å²) in [5.41, 5.74) is 2.64. The first-order valence-corrected chi connectivity index (χ1v) is 9.81. The van der Waals surface area contributed by atoms with Crippen LogP contribution in [0.15, 0.2) is 53.6 Å². The van der Waals surface area contributed by atoms with E-state index in [2.05, 4.69) is 10.3 Å². The average Bonchev–Trinajstić information content (AvgIpc) is 2.97. The smallest absolute Gasteiger partial charge is 0.272 e. The molecule has 0 unspecified atom stereocenters. The van der Waals surface area contributed by atoms with Crippen LogP contribution in [0.5, 0.6) is 0 Å². The van der Waals surface area contributed by atoms with Crippen LogP contribution >= 0.6 is 0 Å². The minimum Gasteiger partial charge on any atom is -0.347 e. The Bertz CT molecular complexity index is 1070. The number of primary sulfonamides is 1. The third-order valence-electron chi connectivity index (χ3n) is 4.01. The maximum Gasteiger partial charge on any atom is 0.272 e. The zero-order valence-electron chi connectivity index (χ0n) is 15.1. The van der Waals surface area contributed by atoms with Crippen LogP contribution in [0.2, 0.25) is 0 Å². The van der Waals surface area contributed by atoms with Gasteiger partial charge in [0.15, 0.2) is 5.69 Å². The lowest BCUT2D eigenvalue weighted by Gasteiger charge is -2.11.